The number of amides is 1. The van der Waals surface area contributed by atoms with E-state index in [0.717, 1.165) is 22.4 Å². The average Bonchev–Trinajstić information content (AvgIpc) is 3.29. The summed E-state index contributed by atoms with van der Waals surface area (Å²) in [7, 11) is 5.08. The van der Waals surface area contributed by atoms with Gasteiger partial charge in [-0.3, -0.25) is 14.3 Å². The van der Waals surface area contributed by atoms with Crippen LogP contribution >= 0.6 is 0 Å². The van der Waals surface area contributed by atoms with Gasteiger partial charge in [0.15, 0.2) is 17.2 Å². The summed E-state index contributed by atoms with van der Waals surface area (Å²) in [5.41, 5.74) is 4.45. The maximum atomic E-state index is 13.3. The van der Waals surface area contributed by atoms with Crippen molar-refractivity contribution in [3.05, 3.63) is 29.0 Å². The SMILES string of the molecule is CCOC(=O)C1CCN(C(=O)c2nn(C)c3c2Cc2cc(OC)c(OC)cc2-3)CC1. The lowest BCUT2D eigenvalue weighted by molar-refractivity contribution is -0.149. The Morgan fingerprint density at radius 2 is 1.80 bits per heavy atom. The van der Waals surface area contributed by atoms with Gasteiger partial charge >= 0.3 is 5.97 Å². The molecule has 8 heteroatoms. The molecule has 1 aliphatic carbocycles. The normalized spacial score (nSPS) is 15.5. The Labute approximate surface area is 175 Å². The van der Waals surface area contributed by atoms with Crippen LogP contribution in [0.1, 0.15) is 41.4 Å². The molecule has 1 aliphatic heterocycles. The minimum atomic E-state index is -0.165. The van der Waals surface area contributed by atoms with E-state index < -0.39 is 0 Å². The van der Waals surface area contributed by atoms with E-state index in [0.29, 0.717) is 56.2 Å². The smallest absolute Gasteiger partial charge is 0.309 e. The molecule has 2 aliphatic rings. The number of piperidine rings is 1. The van der Waals surface area contributed by atoms with Gasteiger partial charge in [-0.2, -0.15) is 5.10 Å². The van der Waals surface area contributed by atoms with Crippen molar-refractivity contribution in [3.63, 3.8) is 0 Å². The third-order valence-corrected chi connectivity index (χ3v) is 5.98. The van der Waals surface area contributed by atoms with E-state index in [1.54, 1.807) is 30.7 Å². The summed E-state index contributed by atoms with van der Waals surface area (Å²) in [6.07, 6.45) is 1.86. The number of nitrogens with zero attached hydrogens (tertiary/aromatic N) is 3. The Morgan fingerprint density at radius 1 is 1.13 bits per heavy atom. The molecular weight excluding hydrogens is 386 g/mol. The van der Waals surface area contributed by atoms with Gasteiger partial charge in [0.2, 0.25) is 0 Å². The van der Waals surface area contributed by atoms with Crippen molar-refractivity contribution in [1.82, 2.24) is 14.7 Å². The molecule has 160 valence electrons. The van der Waals surface area contributed by atoms with Crippen molar-refractivity contribution >= 4 is 11.9 Å². The van der Waals surface area contributed by atoms with Crippen molar-refractivity contribution in [2.75, 3.05) is 33.9 Å². The Morgan fingerprint density at radius 3 is 2.43 bits per heavy atom. The molecule has 0 spiro atoms. The van der Waals surface area contributed by atoms with E-state index in [-0.39, 0.29) is 17.8 Å². The first-order valence-electron chi connectivity index (χ1n) is 10.3. The third kappa shape index (κ3) is 3.30. The standard InChI is InChI=1S/C22H27N3O5/c1-5-30-22(27)13-6-8-25(9-7-13)21(26)19-16-10-14-11-17(28-3)18(29-4)12-15(14)20(16)24(2)23-19/h11-13H,5-10H2,1-4H3. The quantitative estimate of drug-likeness (QED) is 0.598. The molecule has 0 bridgehead atoms. The number of fused-ring (bicyclic) bond motifs is 3. The van der Waals surface area contributed by atoms with Crippen LogP contribution in [0, 0.1) is 5.92 Å². The second kappa shape index (κ2) is 8.01. The number of aromatic nitrogens is 2. The molecule has 0 atom stereocenters. The topological polar surface area (TPSA) is 82.9 Å². The molecule has 2 heterocycles. The van der Waals surface area contributed by atoms with Crippen LogP contribution in [-0.2, 0) is 23.0 Å². The molecule has 0 N–H and O–H groups in total. The predicted molar refractivity (Wildman–Crippen MR) is 110 cm³/mol. The summed E-state index contributed by atoms with van der Waals surface area (Å²) >= 11 is 0. The fourth-order valence-corrected chi connectivity index (χ4v) is 4.45. The molecule has 1 amide bonds. The maximum Gasteiger partial charge on any atom is 0.309 e. The first-order chi connectivity index (χ1) is 14.5. The molecule has 1 aromatic carbocycles. The molecule has 0 unspecified atom stereocenters. The van der Waals surface area contributed by atoms with Crippen LogP contribution in [0.25, 0.3) is 11.3 Å². The predicted octanol–water partition coefficient (Wildman–Crippen LogP) is 2.42. The number of aryl methyl sites for hydroxylation is 1. The molecule has 0 radical (unpaired) electrons. The fraction of sp³-hybridized carbons (Fsp3) is 0.500. The van der Waals surface area contributed by atoms with Gasteiger partial charge in [0.05, 0.1) is 32.4 Å². The van der Waals surface area contributed by atoms with Crippen molar-refractivity contribution < 1.29 is 23.8 Å². The second-order valence-electron chi connectivity index (χ2n) is 7.66. The van der Waals surface area contributed by atoms with Gasteiger partial charge in [-0.15, -0.1) is 0 Å². The minimum absolute atomic E-state index is 0.0825. The number of hydrogen-bond donors (Lipinski definition) is 0. The van der Waals surface area contributed by atoms with Gasteiger partial charge in [-0.25, -0.2) is 0 Å². The third-order valence-electron chi connectivity index (χ3n) is 5.98. The highest BCUT2D eigenvalue weighted by Crippen LogP contribution is 2.44. The fourth-order valence-electron chi connectivity index (χ4n) is 4.45. The minimum Gasteiger partial charge on any atom is -0.493 e. The number of carbonyl (C=O) groups is 2. The van der Waals surface area contributed by atoms with Gasteiger partial charge in [0, 0.05) is 37.7 Å². The van der Waals surface area contributed by atoms with E-state index in [1.807, 2.05) is 19.2 Å². The summed E-state index contributed by atoms with van der Waals surface area (Å²) in [6.45, 7) is 3.25. The lowest BCUT2D eigenvalue weighted by Crippen LogP contribution is -2.41. The monoisotopic (exact) mass is 413 g/mol. The van der Waals surface area contributed by atoms with Crippen molar-refractivity contribution in [2.24, 2.45) is 13.0 Å². The molecule has 4 rings (SSSR count). The zero-order valence-electron chi connectivity index (χ0n) is 17.9. The van der Waals surface area contributed by atoms with E-state index in [4.69, 9.17) is 14.2 Å². The number of carbonyl (C=O) groups excluding carboxylic acids is 2. The van der Waals surface area contributed by atoms with Gasteiger partial charge in [-0.05, 0) is 37.5 Å². The van der Waals surface area contributed by atoms with Crippen LogP contribution in [0.5, 0.6) is 11.5 Å². The van der Waals surface area contributed by atoms with Gasteiger partial charge in [0.25, 0.3) is 5.91 Å². The van der Waals surface area contributed by atoms with Crippen LogP contribution in [0.2, 0.25) is 0 Å². The molecule has 30 heavy (non-hydrogen) atoms. The number of methoxy groups -OCH3 is 2. The Kier molecular flexibility index (Phi) is 5.40. The van der Waals surface area contributed by atoms with Gasteiger partial charge in [0.1, 0.15) is 0 Å². The molecule has 1 aromatic heterocycles. The second-order valence-corrected chi connectivity index (χ2v) is 7.66. The zero-order chi connectivity index (χ0) is 21.4. The summed E-state index contributed by atoms with van der Waals surface area (Å²) < 4.78 is 17.8. The highest BCUT2D eigenvalue weighted by Gasteiger charge is 2.35. The molecule has 1 saturated heterocycles. The van der Waals surface area contributed by atoms with E-state index >= 15 is 0 Å². The lowest BCUT2D eigenvalue weighted by atomic mass is 9.96. The van der Waals surface area contributed by atoms with Crippen molar-refractivity contribution in [1.29, 1.82) is 0 Å². The van der Waals surface area contributed by atoms with Crippen molar-refractivity contribution in [2.45, 2.75) is 26.2 Å². The van der Waals surface area contributed by atoms with Crippen LogP contribution in [0.15, 0.2) is 12.1 Å². The van der Waals surface area contributed by atoms with E-state index in [2.05, 4.69) is 5.10 Å². The summed E-state index contributed by atoms with van der Waals surface area (Å²) in [6, 6.07) is 3.91. The summed E-state index contributed by atoms with van der Waals surface area (Å²) in [4.78, 5) is 27.0. The van der Waals surface area contributed by atoms with Gasteiger partial charge in [-0.1, -0.05) is 0 Å². The van der Waals surface area contributed by atoms with Crippen LogP contribution < -0.4 is 9.47 Å². The molecular formula is C22H27N3O5. The first-order valence-corrected chi connectivity index (χ1v) is 10.3. The molecule has 2 aromatic rings. The molecule has 1 fully saturated rings. The number of hydrogen-bond acceptors (Lipinski definition) is 6. The number of ether oxygens (including phenoxy) is 3. The highest BCUT2D eigenvalue weighted by molar-refractivity contribution is 5.97. The lowest BCUT2D eigenvalue weighted by Gasteiger charge is -2.30. The number of rotatable bonds is 5. The van der Waals surface area contributed by atoms with Crippen molar-refractivity contribution in [3.8, 4) is 22.8 Å². The average molecular weight is 413 g/mol. The number of esters is 1. The first kappa shape index (κ1) is 20.3. The van der Waals surface area contributed by atoms with E-state index in [9.17, 15) is 9.59 Å². The Bertz CT molecular complexity index is 989. The summed E-state index contributed by atoms with van der Waals surface area (Å²) in [5, 5.41) is 4.55. The maximum absolute atomic E-state index is 13.3. The van der Waals surface area contributed by atoms with Gasteiger partial charge < -0.3 is 19.1 Å². The molecule has 8 nitrogen and oxygen atoms in total. The van der Waals surface area contributed by atoms with Crippen LogP contribution in [0.4, 0.5) is 0 Å². The summed E-state index contributed by atoms with van der Waals surface area (Å²) in [5.74, 6) is 0.945. The number of likely N-dealkylation sites (tertiary alicyclic amines) is 1. The van der Waals surface area contributed by atoms with Crippen LogP contribution in [0.3, 0.4) is 0 Å². The Balaban J connectivity index is 1.57. The highest BCUT2D eigenvalue weighted by atomic mass is 16.5. The number of benzene rings is 1. The Hall–Kier alpha value is -3.03. The van der Waals surface area contributed by atoms with E-state index in [1.165, 1.54) is 0 Å². The zero-order valence-corrected chi connectivity index (χ0v) is 17.9. The van der Waals surface area contributed by atoms with Crippen LogP contribution in [-0.4, -0.2) is 60.5 Å². The molecule has 0 saturated carbocycles. The largest absolute Gasteiger partial charge is 0.493 e.